The molecule has 1 aromatic rings. The second-order valence-corrected chi connectivity index (χ2v) is 20.1. The first-order chi connectivity index (χ1) is 13.2. The summed E-state index contributed by atoms with van der Waals surface area (Å²) >= 11 is -1.13. The number of hydrogen-bond acceptors (Lipinski definition) is 0. The predicted octanol–water partition coefficient (Wildman–Crippen LogP) is 2.90. The summed E-state index contributed by atoms with van der Waals surface area (Å²) in [5.74, 6) is 0. The summed E-state index contributed by atoms with van der Waals surface area (Å²) < 4.78 is 2.55. The zero-order valence-electron chi connectivity index (χ0n) is 21.2. The van der Waals surface area contributed by atoms with Crippen LogP contribution in [0.3, 0.4) is 0 Å². The van der Waals surface area contributed by atoms with Crippen molar-refractivity contribution in [3.8, 4) is 0 Å². The molecule has 0 bridgehead atoms. The Hall–Kier alpha value is 0.320. The van der Waals surface area contributed by atoms with Crippen LogP contribution in [0.25, 0.3) is 6.08 Å². The normalized spacial score (nSPS) is 20.3. The van der Waals surface area contributed by atoms with Crippen molar-refractivity contribution in [2.24, 2.45) is 5.41 Å². The third-order valence-corrected chi connectivity index (χ3v) is 19.2. The van der Waals surface area contributed by atoms with E-state index in [0.29, 0.717) is 14.0 Å². The largest absolute Gasteiger partial charge is 1.00 e. The number of benzene rings is 1. The molecule has 0 fully saturated rings. The summed E-state index contributed by atoms with van der Waals surface area (Å²) in [5, 5.41) is 2.44. The molecule has 1 aromatic carbocycles. The number of fused-ring (bicyclic) bond motifs is 1. The van der Waals surface area contributed by atoms with Crippen LogP contribution in [-0.2, 0) is 22.9 Å². The summed E-state index contributed by atoms with van der Waals surface area (Å²) in [6, 6.07) is 9.27. The molecule has 31 heavy (non-hydrogen) atoms. The van der Waals surface area contributed by atoms with Gasteiger partial charge < -0.3 is 24.8 Å². The van der Waals surface area contributed by atoms with Crippen molar-refractivity contribution >= 4 is 14.0 Å². The fraction of sp³-hybridized carbons (Fsp3) is 0.556. The Morgan fingerprint density at radius 1 is 0.839 bits per heavy atom. The maximum absolute atomic E-state index is 2.61. The molecule has 0 nitrogen and oxygen atoms in total. The molecule has 0 radical (unpaired) electrons. The number of allylic oxidation sites excluding steroid dienone is 5. The van der Waals surface area contributed by atoms with Crippen molar-refractivity contribution in [2.75, 3.05) is 0 Å². The van der Waals surface area contributed by atoms with Crippen LogP contribution in [0.4, 0.5) is 0 Å². The minimum absolute atomic E-state index is 0. The number of halogens is 2. The quantitative estimate of drug-likeness (QED) is 0.351. The van der Waals surface area contributed by atoms with Crippen molar-refractivity contribution < 1.29 is 47.7 Å². The molecule has 2 aliphatic rings. The Morgan fingerprint density at radius 2 is 1.35 bits per heavy atom. The smallest absolute Gasteiger partial charge is 1.00 e. The van der Waals surface area contributed by atoms with E-state index >= 15 is 0 Å². The van der Waals surface area contributed by atoms with E-state index in [0.717, 1.165) is 0 Å². The molecule has 0 aliphatic heterocycles. The third kappa shape index (κ3) is 5.37. The van der Waals surface area contributed by atoms with E-state index in [1.54, 1.807) is 27.6 Å². The molecular weight excluding hydrogens is 605 g/mol. The summed E-state index contributed by atoms with van der Waals surface area (Å²) in [7, 11) is -0.243. The van der Waals surface area contributed by atoms with E-state index < -0.39 is 22.9 Å². The molecule has 1 unspecified atom stereocenters. The van der Waals surface area contributed by atoms with Gasteiger partial charge in [-0.1, -0.05) is 0 Å². The second-order valence-electron chi connectivity index (χ2n) is 11.3. The van der Waals surface area contributed by atoms with Crippen LogP contribution in [0.15, 0.2) is 49.6 Å². The van der Waals surface area contributed by atoms with E-state index in [-0.39, 0.29) is 38.2 Å². The van der Waals surface area contributed by atoms with Gasteiger partial charge in [-0.15, -0.1) is 0 Å². The van der Waals surface area contributed by atoms with Crippen molar-refractivity contribution in [1.82, 2.24) is 0 Å². The first kappa shape index (κ1) is 29.4. The van der Waals surface area contributed by atoms with Crippen LogP contribution in [0.5, 0.6) is 0 Å². The first-order valence-corrected chi connectivity index (χ1v) is 16.2. The Labute approximate surface area is 216 Å². The van der Waals surface area contributed by atoms with Crippen LogP contribution >= 0.6 is 7.92 Å². The fourth-order valence-electron chi connectivity index (χ4n) is 5.46. The van der Waals surface area contributed by atoms with Crippen molar-refractivity contribution in [2.45, 2.75) is 90.1 Å². The summed E-state index contributed by atoms with van der Waals surface area (Å²) in [5.41, 5.74) is 8.16. The molecule has 0 spiro atoms. The molecule has 0 saturated heterocycles. The van der Waals surface area contributed by atoms with Crippen molar-refractivity contribution in [3.63, 3.8) is 0 Å². The van der Waals surface area contributed by atoms with E-state index in [2.05, 4.69) is 107 Å². The van der Waals surface area contributed by atoms with Gasteiger partial charge >= 0.3 is 193 Å². The van der Waals surface area contributed by atoms with Gasteiger partial charge in [0.15, 0.2) is 0 Å². The van der Waals surface area contributed by atoms with Gasteiger partial charge in [-0.3, -0.25) is 0 Å². The summed E-state index contributed by atoms with van der Waals surface area (Å²) in [6.45, 7) is 26.9. The zero-order valence-corrected chi connectivity index (χ0v) is 27.2. The molecule has 0 N–H and O–H groups in total. The van der Waals surface area contributed by atoms with E-state index in [4.69, 9.17) is 0 Å². The minimum atomic E-state index is -1.13. The third-order valence-electron chi connectivity index (χ3n) is 6.86. The molecule has 0 aromatic heterocycles. The van der Waals surface area contributed by atoms with Gasteiger partial charge in [0.1, 0.15) is 0 Å². The van der Waals surface area contributed by atoms with Gasteiger partial charge in [0.25, 0.3) is 0 Å². The maximum Gasteiger partial charge on any atom is -1.00 e. The van der Waals surface area contributed by atoms with Crippen LogP contribution in [0.2, 0.25) is 0 Å². The second kappa shape index (κ2) is 9.90. The first-order valence-electron chi connectivity index (χ1n) is 10.9. The van der Waals surface area contributed by atoms with Crippen LogP contribution < -0.4 is 24.8 Å². The summed E-state index contributed by atoms with van der Waals surface area (Å²) in [4.78, 5) is 0. The van der Waals surface area contributed by atoms with Gasteiger partial charge in [0.05, 0.1) is 0 Å². The molecular formula is C27H39Cl2HfP. The Balaban J connectivity index is 0.00000240. The molecule has 1 atom stereocenters. The molecule has 0 heterocycles. The van der Waals surface area contributed by atoms with Gasteiger partial charge in [-0.05, 0) is 0 Å². The topological polar surface area (TPSA) is 0 Å². The van der Waals surface area contributed by atoms with Crippen molar-refractivity contribution in [1.29, 1.82) is 0 Å². The van der Waals surface area contributed by atoms with E-state index in [1.807, 2.05) is 3.33 Å². The van der Waals surface area contributed by atoms with Crippen LogP contribution in [0, 0.1) is 5.41 Å². The summed E-state index contributed by atoms with van der Waals surface area (Å²) in [6.07, 6.45) is 2.61. The van der Waals surface area contributed by atoms with Crippen LogP contribution in [-0.4, -0.2) is 10.3 Å². The molecule has 170 valence electrons. The molecule has 2 aliphatic carbocycles. The van der Waals surface area contributed by atoms with Gasteiger partial charge in [0, 0.05) is 0 Å². The minimum Gasteiger partial charge on any atom is -1.00 e. The standard InChI is InChI=1S/C17H24P.C10H15.2ClH.Hf/c1-16(2,3)18(17(4,5)6)15-11-13-9-7-8-10-14(13)12-15;1-7-6-10(4,5)9(3)8(7)2;;;/h7-12H,1-6H3;1-5H3;2*1H;/q;;;;+2/p-2. The SMILES string of the molecule is CC1=C(C)C(C)(C)[C]([Hf+2][CH]2C(P(C(C)(C)C)C(C)(C)C)=Cc3ccccc32)=C1C.[Cl-].[Cl-]. The zero-order chi connectivity index (χ0) is 21.9. The molecule has 4 heteroatoms. The average molecular weight is 644 g/mol. The Kier molecular flexibility index (Phi) is 9.37. The fourth-order valence-corrected chi connectivity index (χ4v) is 18.4. The van der Waals surface area contributed by atoms with E-state index in [1.165, 1.54) is 5.56 Å². The van der Waals surface area contributed by atoms with Gasteiger partial charge in [-0.25, -0.2) is 0 Å². The maximum atomic E-state index is 2.61. The molecule has 0 saturated carbocycles. The van der Waals surface area contributed by atoms with Gasteiger partial charge in [-0.2, -0.15) is 0 Å². The molecule has 0 amide bonds. The number of rotatable bonds is 3. The van der Waals surface area contributed by atoms with Crippen molar-refractivity contribution in [3.05, 3.63) is 60.8 Å². The van der Waals surface area contributed by atoms with Crippen LogP contribution in [0.1, 0.15) is 91.0 Å². The molecule has 3 rings (SSSR count). The predicted molar refractivity (Wildman–Crippen MR) is 128 cm³/mol. The Bertz CT molecular complexity index is 909. The average Bonchev–Trinajstić information content (AvgIpc) is 2.98. The van der Waals surface area contributed by atoms with E-state index in [9.17, 15) is 0 Å². The van der Waals surface area contributed by atoms with Gasteiger partial charge in [0.2, 0.25) is 0 Å². The Morgan fingerprint density at radius 3 is 1.81 bits per heavy atom. The number of hydrogen-bond donors (Lipinski definition) is 0. The monoisotopic (exact) mass is 644 g/mol.